The van der Waals surface area contributed by atoms with Crippen LogP contribution in [-0.4, -0.2) is 0 Å². The van der Waals surface area contributed by atoms with Crippen molar-refractivity contribution in [3.05, 3.63) is 291 Å². The number of hydrogen-bond donors (Lipinski definition) is 0. The van der Waals surface area contributed by atoms with Gasteiger partial charge in [-0.3, -0.25) is 0 Å². The van der Waals surface area contributed by atoms with Crippen LogP contribution in [-0.2, 0) is 0 Å². The van der Waals surface area contributed by atoms with E-state index in [0.717, 1.165) is 0 Å². The fourth-order valence-electron chi connectivity index (χ4n) is 10.7. The van der Waals surface area contributed by atoms with Gasteiger partial charge in [0.25, 0.3) is 0 Å². The smallest absolute Gasteiger partial charge is 0.00143 e. The van der Waals surface area contributed by atoms with E-state index in [2.05, 4.69) is 291 Å². The molecule has 12 aromatic rings. The van der Waals surface area contributed by atoms with Crippen LogP contribution in [0.15, 0.2) is 291 Å². The Morgan fingerprint density at radius 1 is 0.129 bits per heavy atom. The minimum Gasteiger partial charge on any atom is -0.0622 e. The molecule has 0 saturated carbocycles. The van der Waals surface area contributed by atoms with E-state index in [-0.39, 0.29) is 0 Å². The average Bonchev–Trinajstić information content (AvgIpc) is 3.45. The van der Waals surface area contributed by atoms with Gasteiger partial charge >= 0.3 is 0 Å². The molecule has 0 bridgehead atoms. The van der Waals surface area contributed by atoms with E-state index >= 15 is 0 Å². The van der Waals surface area contributed by atoms with Gasteiger partial charge in [-0.2, -0.15) is 0 Å². The van der Waals surface area contributed by atoms with Crippen molar-refractivity contribution >= 4 is 10.8 Å². The van der Waals surface area contributed by atoms with Crippen molar-refractivity contribution < 1.29 is 0 Å². The van der Waals surface area contributed by atoms with Gasteiger partial charge in [-0.1, -0.05) is 279 Å². The van der Waals surface area contributed by atoms with E-state index < -0.39 is 0 Å². The van der Waals surface area contributed by atoms with Crippen LogP contribution in [0.5, 0.6) is 0 Å². The Labute approximate surface area is 411 Å². The van der Waals surface area contributed by atoms with Crippen molar-refractivity contribution in [1.29, 1.82) is 0 Å². The molecular weight excluding hydrogens is 841 g/mol. The summed E-state index contributed by atoms with van der Waals surface area (Å²) in [5.41, 5.74) is 23.8. The van der Waals surface area contributed by atoms with Gasteiger partial charge in [0, 0.05) is 0 Å². The quantitative estimate of drug-likeness (QED) is 0.128. The van der Waals surface area contributed by atoms with E-state index in [9.17, 15) is 0 Å². The molecular formula is C70H48. The maximum atomic E-state index is 2.47. The molecule has 0 aliphatic heterocycles. The summed E-state index contributed by atoms with van der Waals surface area (Å²) < 4.78 is 0. The lowest BCUT2D eigenvalue weighted by molar-refractivity contribution is 1.52. The van der Waals surface area contributed by atoms with Crippen LogP contribution in [0.3, 0.4) is 0 Å². The number of rotatable bonds is 10. The van der Waals surface area contributed by atoms with Gasteiger partial charge in [-0.05, 0) is 134 Å². The third kappa shape index (κ3) is 7.82. The first-order chi connectivity index (χ1) is 34.8. The summed E-state index contributed by atoms with van der Waals surface area (Å²) in [6.07, 6.45) is 0. The summed E-state index contributed by atoms with van der Waals surface area (Å²) in [6, 6.07) is 106. The highest BCUT2D eigenvalue weighted by Gasteiger charge is 2.27. The topological polar surface area (TPSA) is 0 Å². The largest absolute Gasteiger partial charge is 0.0622 e. The van der Waals surface area contributed by atoms with E-state index in [4.69, 9.17) is 0 Å². The van der Waals surface area contributed by atoms with Crippen molar-refractivity contribution in [2.45, 2.75) is 0 Å². The van der Waals surface area contributed by atoms with Crippen molar-refractivity contribution in [3.63, 3.8) is 0 Å². The molecule has 0 nitrogen and oxygen atoms in total. The minimum atomic E-state index is 1.17. The molecule has 0 atom stereocenters. The Hall–Kier alpha value is -9.10. The number of benzene rings is 12. The molecule has 0 spiro atoms. The fraction of sp³-hybridized carbons (Fsp3) is 0. The first kappa shape index (κ1) is 42.3. The summed E-state index contributed by atoms with van der Waals surface area (Å²) >= 11 is 0. The zero-order valence-electron chi connectivity index (χ0n) is 38.7. The maximum absolute atomic E-state index is 2.47. The van der Waals surface area contributed by atoms with Crippen LogP contribution >= 0.6 is 0 Å². The fourth-order valence-corrected chi connectivity index (χ4v) is 10.7. The Balaban J connectivity index is 1.22. The molecule has 0 aliphatic rings. The van der Waals surface area contributed by atoms with Crippen molar-refractivity contribution in [2.24, 2.45) is 0 Å². The molecule has 0 heterocycles. The number of fused-ring (bicyclic) bond motifs is 1. The van der Waals surface area contributed by atoms with Gasteiger partial charge in [0.2, 0.25) is 0 Å². The Bertz CT molecular complexity index is 3480. The van der Waals surface area contributed by atoms with Crippen molar-refractivity contribution in [1.82, 2.24) is 0 Å². The normalized spacial score (nSPS) is 11.1. The lowest BCUT2D eigenvalue weighted by atomic mass is 9.76. The molecule has 0 unspecified atom stereocenters. The number of hydrogen-bond acceptors (Lipinski definition) is 0. The van der Waals surface area contributed by atoms with Crippen LogP contribution in [0.25, 0.3) is 122 Å². The summed E-state index contributed by atoms with van der Waals surface area (Å²) in [7, 11) is 0. The summed E-state index contributed by atoms with van der Waals surface area (Å²) in [5.74, 6) is 0. The highest BCUT2D eigenvalue weighted by molar-refractivity contribution is 6.16. The Morgan fingerprint density at radius 3 is 0.586 bits per heavy atom. The standard InChI is InChI=1S/C70H48/c1-9-27-49(28-10-1)61-47-63(67(53-35-17-5-18-36-53)69(55-39-21-7-22-40-55)65(61)51-31-13-3-14-32-51)59-45-46-60(58-44-26-25-43-57(58)59)64-48-62(50-29-11-2-12-30-50)66(52-33-15-4-16-34-52)70(56-41-23-8-24-42-56)68(64)54-37-19-6-20-38-54/h1-48H. The van der Waals surface area contributed by atoms with Crippen LogP contribution in [0.4, 0.5) is 0 Å². The molecule has 0 N–H and O–H groups in total. The molecule has 0 fully saturated rings. The third-order valence-electron chi connectivity index (χ3n) is 13.7. The van der Waals surface area contributed by atoms with Gasteiger partial charge in [-0.25, -0.2) is 0 Å². The van der Waals surface area contributed by atoms with Crippen LogP contribution in [0, 0.1) is 0 Å². The second-order valence-electron chi connectivity index (χ2n) is 17.8. The first-order valence-electron chi connectivity index (χ1n) is 24.2. The molecule has 70 heavy (non-hydrogen) atoms. The van der Waals surface area contributed by atoms with E-state index in [0.29, 0.717) is 0 Å². The third-order valence-corrected chi connectivity index (χ3v) is 13.7. The summed E-state index contributed by atoms with van der Waals surface area (Å²) in [4.78, 5) is 0. The van der Waals surface area contributed by atoms with Crippen molar-refractivity contribution in [3.8, 4) is 111 Å². The van der Waals surface area contributed by atoms with E-state index in [1.165, 1.54) is 122 Å². The minimum absolute atomic E-state index is 1.17. The van der Waals surface area contributed by atoms with Crippen LogP contribution < -0.4 is 0 Å². The molecule has 328 valence electrons. The Kier molecular flexibility index (Phi) is 11.4. The van der Waals surface area contributed by atoms with Gasteiger partial charge in [0.15, 0.2) is 0 Å². The molecule has 0 aliphatic carbocycles. The SMILES string of the molecule is c1ccc(-c2cc(-c3ccc(-c4cc(-c5ccccc5)c(-c5ccccc5)c(-c5ccccc5)c4-c4ccccc4)c4ccccc34)c(-c3ccccc3)c(-c3ccccc3)c2-c2ccccc2)cc1. The highest BCUT2D eigenvalue weighted by atomic mass is 14.3. The van der Waals surface area contributed by atoms with Gasteiger partial charge in [-0.15, -0.1) is 0 Å². The summed E-state index contributed by atoms with van der Waals surface area (Å²) in [5, 5.41) is 2.38. The second kappa shape index (κ2) is 18.9. The molecule has 0 saturated heterocycles. The molecule has 0 radical (unpaired) electrons. The monoisotopic (exact) mass is 888 g/mol. The van der Waals surface area contributed by atoms with Crippen LogP contribution in [0.1, 0.15) is 0 Å². The summed E-state index contributed by atoms with van der Waals surface area (Å²) in [6.45, 7) is 0. The zero-order chi connectivity index (χ0) is 46.6. The predicted molar refractivity (Wildman–Crippen MR) is 298 cm³/mol. The molecule has 0 heteroatoms. The maximum Gasteiger partial charge on any atom is -0.00143 e. The molecule has 0 amide bonds. The van der Waals surface area contributed by atoms with Crippen molar-refractivity contribution in [2.75, 3.05) is 0 Å². The Morgan fingerprint density at radius 2 is 0.329 bits per heavy atom. The van der Waals surface area contributed by atoms with Gasteiger partial charge < -0.3 is 0 Å². The highest BCUT2D eigenvalue weighted by Crippen LogP contribution is 2.54. The van der Waals surface area contributed by atoms with Crippen LogP contribution in [0.2, 0.25) is 0 Å². The lowest BCUT2D eigenvalue weighted by Gasteiger charge is -2.26. The van der Waals surface area contributed by atoms with Gasteiger partial charge in [0.1, 0.15) is 0 Å². The van der Waals surface area contributed by atoms with E-state index in [1.807, 2.05) is 0 Å². The second-order valence-corrected chi connectivity index (χ2v) is 17.8. The average molecular weight is 889 g/mol. The molecule has 12 aromatic carbocycles. The first-order valence-corrected chi connectivity index (χ1v) is 24.2. The predicted octanol–water partition coefficient (Wildman–Crippen LogP) is 19.5. The van der Waals surface area contributed by atoms with Gasteiger partial charge in [0.05, 0.1) is 0 Å². The lowest BCUT2D eigenvalue weighted by Crippen LogP contribution is -2.00. The zero-order valence-corrected chi connectivity index (χ0v) is 38.7. The molecule has 12 rings (SSSR count). The molecule has 0 aromatic heterocycles. The van der Waals surface area contributed by atoms with E-state index in [1.54, 1.807) is 0 Å².